The predicted octanol–water partition coefficient (Wildman–Crippen LogP) is 2.57. The van der Waals surface area contributed by atoms with Crippen LogP contribution in [0.2, 0.25) is 5.15 Å². The molecule has 0 aliphatic heterocycles. The van der Waals surface area contributed by atoms with E-state index in [1.165, 1.54) is 0 Å². The van der Waals surface area contributed by atoms with Gasteiger partial charge in [0.25, 0.3) is 0 Å². The molecule has 1 heterocycles. The summed E-state index contributed by atoms with van der Waals surface area (Å²) in [5.74, 6) is 0. The molecule has 0 radical (unpaired) electrons. The molecule has 3 nitrogen and oxygen atoms in total. The standard InChI is InChI=1S/C10H15ClN2O/c1-3-8(7-14-2)13-9-5-4-6-12-10(9)11/h4-6,8,13H,3,7H2,1-2H3. The smallest absolute Gasteiger partial charge is 0.152 e. The van der Waals surface area contributed by atoms with Gasteiger partial charge in [-0.1, -0.05) is 18.5 Å². The van der Waals surface area contributed by atoms with Crippen LogP contribution in [0.4, 0.5) is 5.69 Å². The van der Waals surface area contributed by atoms with Crippen LogP contribution in [0, 0.1) is 0 Å². The Balaban J connectivity index is 2.62. The third-order valence-electron chi connectivity index (χ3n) is 1.98. The van der Waals surface area contributed by atoms with Gasteiger partial charge in [0.2, 0.25) is 0 Å². The molecule has 0 aliphatic carbocycles. The predicted molar refractivity (Wildman–Crippen MR) is 58.8 cm³/mol. The number of nitrogens with one attached hydrogen (secondary N) is 1. The summed E-state index contributed by atoms with van der Waals surface area (Å²) in [4.78, 5) is 3.99. The van der Waals surface area contributed by atoms with Gasteiger partial charge in [0.05, 0.1) is 12.3 Å². The number of pyridine rings is 1. The summed E-state index contributed by atoms with van der Waals surface area (Å²) in [6.45, 7) is 2.77. The maximum atomic E-state index is 5.91. The van der Waals surface area contributed by atoms with E-state index in [4.69, 9.17) is 16.3 Å². The quantitative estimate of drug-likeness (QED) is 0.765. The average molecular weight is 215 g/mol. The van der Waals surface area contributed by atoms with Gasteiger partial charge in [0.15, 0.2) is 5.15 Å². The topological polar surface area (TPSA) is 34.1 Å². The van der Waals surface area contributed by atoms with Gasteiger partial charge in [-0.15, -0.1) is 0 Å². The van der Waals surface area contributed by atoms with E-state index in [1.807, 2.05) is 12.1 Å². The number of hydrogen-bond acceptors (Lipinski definition) is 3. The highest BCUT2D eigenvalue weighted by Gasteiger charge is 2.07. The Kier molecular flexibility index (Phi) is 4.70. The maximum Gasteiger partial charge on any atom is 0.152 e. The molecule has 4 heteroatoms. The molecule has 1 aromatic heterocycles. The Morgan fingerprint density at radius 3 is 3.00 bits per heavy atom. The molecule has 0 aromatic carbocycles. The van der Waals surface area contributed by atoms with Crippen LogP contribution in [0.5, 0.6) is 0 Å². The third kappa shape index (κ3) is 3.16. The van der Waals surface area contributed by atoms with E-state index < -0.39 is 0 Å². The minimum absolute atomic E-state index is 0.279. The largest absolute Gasteiger partial charge is 0.383 e. The van der Waals surface area contributed by atoms with Crippen LogP contribution >= 0.6 is 11.6 Å². The Bertz CT molecular complexity index is 281. The van der Waals surface area contributed by atoms with Crippen molar-refractivity contribution in [1.29, 1.82) is 0 Å². The molecule has 14 heavy (non-hydrogen) atoms. The summed E-state index contributed by atoms with van der Waals surface area (Å²) in [5, 5.41) is 3.78. The summed E-state index contributed by atoms with van der Waals surface area (Å²) >= 11 is 5.91. The fourth-order valence-corrected chi connectivity index (χ4v) is 1.35. The molecule has 78 valence electrons. The molecule has 0 saturated carbocycles. The van der Waals surface area contributed by atoms with Gasteiger partial charge in [-0.2, -0.15) is 0 Å². The van der Waals surface area contributed by atoms with Gasteiger partial charge < -0.3 is 10.1 Å². The molecular formula is C10H15ClN2O. The van der Waals surface area contributed by atoms with Crippen LogP contribution < -0.4 is 5.32 Å². The fourth-order valence-electron chi connectivity index (χ4n) is 1.18. The summed E-state index contributed by atoms with van der Waals surface area (Å²) in [7, 11) is 1.69. The lowest BCUT2D eigenvalue weighted by Crippen LogP contribution is -2.24. The molecule has 0 spiro atoms. The lowest BCUT2D eigenvalue weighted by Gasteiger charge is -2.17. The van der Waals surface area contributed by atoms with Gasteiger partial charge in [0.1, 0.15) is 0 Å². The van der Waals surface area contributed by atoms with Gasteiger partial charge in [-0.25, -0.2) is 4.98 Å². The Hall–Kier alpha value is -0.800. The van der Waals surface area contributed by atoms with E-state index in [0.717, 1.165) is 12.1 Å². The summed E-state index contributed by atoms with van der Waals surface area (Å²) < 4.78 is 5.08. The van der Waals surface area contributed by atoms with Crippen molar-refractivity contribution >= 4 is 17.3 Å². The second kappa shape index (κ2) is 5.83. The molecule has 0 fully saturated rings. The zero-order chi connectivity index (χ0) is 10.4. The SMILES string of the molecule is CCC(COC)Nc1cccnc1Cl. The summed E-state index contributed by atoms with van der Waals surface area (Å²) in [6, 6.07) is 4.04. The van der Waals surface area contributed by atoms with Crippen LogP contribution in [0.3, 0.4) is 0 Å². The second-order valence-electron chi connectivity index (χ2n) is 3.05. The molecule has 1 atom stereocenters. The van der Waals surface area contributed by atoms with Gasteiger partial charge in [-0.05, 0) is 18.6 Å². The number of anilines is 1. The molecule has 0 aliphatic rings. The highest BCUT2D eigenvalue weighted by Crippen LogP contribution is 2.18. The summed E-state index contributed by atoms with van der Waals surface area (Å²) in [6.07, 6.45) is 2.66. The monoisotopic (exact) mass is 214 g/mol. The van der Waals surface area contributed by atoms with Crippen molar-refractivity contribution in [1.82, 2.24) is 4.98 Å². The summed E-state index contributed by atoms with van der Waals surface area (Å²) in [5.41, 5.74) is 0.859. The molecule has 1 aromatic rings. The van der Waals surface area contributed by atoms with E-state index in [-0.39, 0.29) is 6.04 Å². The number of rotatable bonds is 5. The minimum Gasteiger partial charge on any atom is -0.383 e. The molecule has 0 bridgehead atoms. The first-order valence-electron chi connectivity index (χ1n) is 4.64. The van der Waals surface area contributed by atoms with E-state index in [9.17, 15) is 0 Å². The zero-order valence-electron chi connectivity index (χ0n) is 8.46. The van der Waals surface area contributed by atoms with Gasteiger partial charge >= 0.3 is 0 Å². The minimum atomic E-state index is 0.279. The van der Waals surface area contributed by atoms with Crippen molar-refractivity contribution in [2.75, 3.05) is 19.0 Å². The number of methoxy groups -OCH3 is 1. The highest BCUT2D eigenvalue weighted by molar-refractivity contribution is 6.31. The molecule has 1 N–H and O–H groups in total. The first-order valence-corrected chi connectivity index (χ1v) is 5.01. The van der Waals surface area contributed by atoms with Crippen molar-refractivity contribution < 1.29 is 4.74 Å². The lowest BCUT2D eigenvalue weighted by atomic mass is 10.2. The molecule has 0 saturated heterocycles. The first kappa shape index (κ1) is 11.3. The zero-order valence-corrected chi connectivity index (χ0v) is 9.21. The Labute approximate surface area is 89.4 Å². The molecule has 1 rings (SSSR count). The van der Waals surface area contributed by atoms with Crippen molar-refractivity contribution in [3.8, 4) is 0 Å². The van der Waals surface area contributed by atoms with E-state index in [0.29, 0.717) is 11.8 Å². The highest BCUT2D eigenvalue weighted by atomic mass is 35.5. The number of aromatic nitrogens is 1. The van der Waals surface area contributed by atoms with Crippen LogP contribution in [-0.2, 0) is 4.74 Å². The normalized spacial score (nSPS) is 12.5. The second-order valence-corrected chi connectivity index (χ2v) is 3.40. The van der Waals surface area contributed by atoms with Crippen LogP contribution in [-0.4, -0.2) is 24.7 Å². The van der Waals surface area contributed by atoms with Gasteiger partial charge in [0, 0.05) is 19.3 Å². The first-order chi connectivity index (χ1) is 6.77. The average Bonchev–Trinajstić information content (AvgIpc) is 2.20. The Morgan fingerprint density at radius 1 is 1.64 bits per heavy atom. The maximum absolute atomic E-state index is 5.91. The number of halogens is 1. The van der Waals surface area contributed by atoms with Crippen molar-refractivity contribution in [2.24, 2.45) is 0 Å². The van der Waals surface area contributed by atoms with Gasteiger partial charge in [-0.3, -0.25) is 0 Å². The molecule has 0 amide bonds. The Morgan fingerprint density at radius 2 is 2.43 bits per heavy atom. The van der Waals surface area contributed by atoms with Crippen LogP contribution in [0.25, 0.3) is 0 Å². The van der Waals surface area contributed by atoms with E-state index >= 15 is 0 Å². The number of nitrogens with zero attached hydrogens (tertiary/aromatic N) is 1. The third-order valence-corrected chi connectivity index (χ3v) is 2.28. The number of hydrogen-bond donors (Lipinski definition) is 1. The van der Waals surface area contributed by atoms with Crippen LogP contribution in [0.15, 0.2) is 18.3 Å². The molecule has 1 unspecified atom stereocenters. The lowest BCUT2D eigenvalue weighted by molar-refractivity contribution is 0.184. The van der Waals surface area contributed by atoms with Crippen molar-refractivity contribution in [2.45, 2.75) is 19.4 Å². The van der Waals surface area contributed by atoms with Crippen molar-refractivity contribution in [3.63, 3.8) is 0 Å². The van der Waals surface area contributed by atoms with Crippen molar-refractivity contribution in [3.05, 3.63) is 23.5 Å². The number of ether oxygens (including phenoxy) is 1. The van der Waals surface area contributed by atoms with Crippen LogP contribution in [0.1, 0.15) is 13.3 Å². The van der Waals surface area contributed by atoms with E-state index in [2.05, 4.69) is 17.2 Å². The van der Waals surface area contributed by atoms with E-state index in [1.54, 1.807) is 13.3 Å². The fraction of sp³-hybridized carbons (Fsp3) is 0.500. The molecular weight excluding hydrogens is 200 g/mol.